The summed E-state index contributed by atoms with van der Waals surface area (Å²) in [4.78, 5) is 23.5. The predicted molar refractivity (Wildman–Crippen MR) is 64.4 cm³/mol. The summed E-state index contributed by atoms with van der Waals surface area (Å²) in [6.07, 6.45) is 0. The molecule has 0 atom stereocenters. The highest BCUT2D eigenvalue weighted by atomic mass is 32.2. The van der Waals surface area contributed by atoms with Crippen LogP contribution in [-0.2, 0) is 19.1 Å². The van der Waals surface area contributed by atoms with Crippen LogP contribution in [0.15, 0.2) is 0 Å². The van der Waals surface area contributed by atoms with Crippen LogP contribution in [0.5, 0.6) is 0 Å². The SMILES string of the molecule is CCOC(=O)C(C)(CSCC)C(=O)OCC. The van der Waals surface area contributed by atoms with Crippen LogP contribution in [0, 0.1) is 5.41 Å². The van der Waals surface area contributed by atoms with Crippen molar-refractivity contribution in [3.63, 3.8) is 0 Å². The van der Waals surface area contributed by atoms with E-state index in [-0.39, 0.29) is 13.2 Å². The quantitative estimate of drug-likeness (QED) is 0.508. The van der Waals surface area contributed by atoms with Gasteiger partial charge in [-0.2, -0.15) is 11.8 Å². The Labute approximate surface area is 101 Å². The summed E-state index contributed by atoms with van der Waals surface area (Å²) in [7, 11) is 0. The fraction of sp³-hybridized carbons (Fsp3) is 0.818. The van der Waals surface area contributed by atoms with Gasteiger partial charge in [-0.3, -0.25) is 9.59 Å². The molecule has 0 spiro atoms. The molecule has 0 rings (SSSR count). The standard InChI is InChI=1S/C11H20O4S/c1-5-14-9(12)11(4,8-16-7-3)10(13)15-6-2/h5-8H2,1-4H3. The number of carbonyl (C=O) groups is 2. The first-order chi connectivity index (χ1) is 7.52. The van der Waals surface area contributed by atoms with Gasteiger partial charge in [-0.25, -0.2) is 0 Å². The van der Waals surface area contributed by atoms with Gasteiger partial charge in [0.25, 0.3) is 0 Å². The Morgan fingerprint density at radius 1 is 1.06 bits per heavy atom. The molecule has 4 nitrogen and oxygen atoms in total. The maximum atomic E-state index is 11.8. The van der Waals surface area contributed by atoms with Crippen molar-refractivity contribution in [3.05, 3.63) is 0 Å². The number of carbonyl (C=O) groups excluding carboxylic acids is 2. The second-order valence-corrected chi connectivity index (χ2v) is 4.68. The zero-order chi connectivity index (χ0) is 12.6. The molecule has 0 aliphatic heterocycles. The third kappa shape index (κ3) is 4.04. The van der Waals surface area contributed by atoms with E-state index in [4.69, 9.17) is 9.47 Å². The van der Waals surface area contributed by atoms with E-state index in [0.29, 0.717) is 5.75 Å². The summed E-state index contributed by atoms with van der Waals surface area (Å²) in [5.74, 6) is 0.221. The molecule has 0 amide bonds. The molecule has 0 aromatic carbocycles. The lowest BCUT2D eigenvalue weighted by Crippen LogP contribution is -2.41. The number of hydrogen-bond acceptors (Lipinski definition) is 5. The molecule has 0 bridgehead atoms. The first kappa shape index (κ1) is 15.3. The molecule has 0 N–H and O–H groups in total. The van der Waals surface area contributed by atoms with E-state index in [1.54, 1.807) is 20.8 Å². The highest BCUT2D eigenvalue weighted by Crippen LogP contribution is 2.26. The van der Waals surface area contributed by atoms with Gasteiger partial charge in [0, 0.05) is 5.75 Å². The van der Waals surface area contributed by atoms with Gasteiger partial charge in [0.05, 0.1) is 13.2 Å². The van der Waals surface area contributed by atoms with Gasteiger partial charge in [0.2, 0.25) is 0 Å². The van der Waals surface area contributed by atoms with Gasteiger partial charge in [0.15, 0.2) is 5.41 Å². The fourth-order valence-electron chi connectivity index (χ4n) is 1.09. The van der Waals surface area contributed by atoms with E-state index in [2.05, 4.69) is 0 Å². The Morgan fingerprint density at radius 3 is 1.81 bits per heavy atom. The average Bonchev–Trinajstić information content (AvgIpc) is 2.26. The van der Waals surface area contributed by atoms with Crippen LogP contribution in [-0.4, -0.2) is 36.7 Å². The normalized spacial score (nSPS) is 11.0. The monoisotopic (exact) mass is 248 g/mol. The van der Waals surface area contributed by atoms with Crippen LogP contribution in [0.2, 0.25) is 0 Å². The van der Waals surface area contributed by atoms with E-state index in [0.717, 1.165) is 5.75 Å². The zero-order valence-electron chi connectivity index (χ0n) is 10.4. The molecule has 0 saturated carbocycles. The first-order valence-electron chi connectivity index (χ1n) is 5.45. The fourth-order valence-corrected chi connectivity index (χ4v) is 1.94. The lowest BCUT2D eigenvalue weighted by molar-refractivity contribution is -0.168. The molecule has 5 heteroatoms. The number of thioether (sulfide) groups is 1. The van der Waals surface area contributed by atoms with Crippen molar-refractivity contribution in [1.82, 2.24) is 0 Å². The Bertz CT molecular complexity index is 222. The lowest BCUT2D eigenvalue weighted by atomic mass is 9.93. The van der Waals surface area contributed by atoms with E-state index in [9.17, 15) is 9.59 Å². The first-order valence-corrected chi connectivity index (χ1v) is 6.60. The minimum absolute atomic E-state index is 0.268. The number of ether oxygens (including phenoxy) is 2. The summed E-state index contributed by atoms with van der Waals surface area (Å²) in [6.45, 7) is 7.52. The van der Waals surface area contributed by atoms with Gasteiger partial charge in [-0.05, 0) is 26.5 Å². The number of rotatable bonds is 7. The van der Waals surface area contributed by atoms with Gasteiger partial charge in [-0.15, -0.1) is 0 Å². The molecular weight excluding hydrogens is 228 g/mol. The summed E-state index contributed by atoms with van der Waals surface area (Å²) in [5.41, 5.74) is -1.19. The maximum Gasteiger partial charge on any atom is 0.324 e. The van der Waals surface area contributed by atoms with Gasteiger partial charge in [0.1, 0.15) is 0 Å². The van der Waals surface area contributed by atoms with Crippen molar-refractivity contribution in [2.24, 2.45) is 5.41 Å². The molecule has 0 saturated heterocycles. The van der Waals surface area contributed by atoms with Crippen molar-refractivity contribution in [3.8, 4) is 0 Å². The van der Waals surface area contributed by atoms with E-state index >= 15 is 0 Å². The molecular formula is C11H20O4S. The Hall–Kier alpha value is -0.710. The van der Waals surface area contributed by atoms with Crippen molar-refractivity contribution in [2.75, 3.05) is 24.7 Å². The lowest BCUT2D eigenvalue weighted by Gasteiger charge is -2.24. The Balaban J connectivity index is 4.71. The molecule has 16 heavy (non-hydrogen) atoms. The highest BCUT2D eigenvalue weighted by molar-refractivity contribution is 7.99. The van der Waals surface area contributed by atoms with E-state index in [1.165, 1.54) is 11.8 Å². The Kier molecular flexibility index (Phi) is 7.21. The molecule has 0 aliphatic carbocycles. The van der Waals surface area contributed by atoms with Crippen molar-refractivity contribution in [2.45, 2.75) is 27.7 Å². The zero-order valence-corrected chi connectivity index (χ0v) is 11.2. The van der Waals surface area contributed by atoms with Crippen LogP contribution in [0.4, 0.5) is 0 Å². The summed E-state index contributed by atoms with van der Waals surface area (Å²) in [6, 6.07) is 0. The van der Waals surface area contributed by atoms with Crippen molar-refractivity contribution in [1.29, 1.82) is 0 Å². The molecule has 0 heterocycles. The Morgan fingerprint density at radius 2 is 1.50 bits per heavy atom. The highest BCUT2D eigenvalue weighted by Gasteiger charge is 2.43. The van der Waals surface area contributed by atoms with E-state index < -0.39 is 17.4 Å². The van der Waals surface area contributed by atoms with Crippen LogP contribution >= 0.6 is 11.8 Å². The molecule has 0 unspecified atom stereocenters. The third-order valence-corrected chi connectivity index (χ3v) is 3.24. The van der Waals surface area contributed by atoms with Gasteiger partial charge in [-0.1, -0.05) is 6.92 Å². The van der Waals surface area contributed by atoms with Gasteiger partial charge >= 0.3 is 11.9 Å². The largest absolute Gasteiger partial charge is 0.465 e. The minimum Gasteiger partial charge on any atom is -0.465 e. The predicted octanol–water partition coefficient (Wildman–Crippen LogP) is 1.87. The molecule has 94 valence electrons. The second kappa shape index (κ2) is 7.54. The number of hydrogen-bond donors (Lipinski definition) is 0. The molecule has 0 aliphatic rings. The van der Waals surface area contributed by atoms with Gasteiger partial charge < -0.3 is 9.47 Å². The smallest absolute Gasteiger partial charge is 0.324 e. The molecule has 0 radical (unpaired) electrons. The molecule has 0 aromatic heterocycles. The number of esters is 2. The topological polar surface area (TPSA) is 52.6 Å². The van der Waals surface area contributed by atoms with Crippen LogP contribution in [0.1, 0.15) is 27.7 Å². The molecule has 0 aromatic rings. The third-order valence-electron chi connectivity index (χ3n) is 2.05. The van der Waals surface area contributed by atoms with Crippen LogP contribution < -0.4 is 0 Å². The van der Waals surface area contributed by atoms with Crippen molar-refractivity contribution >= 4 is 23.7 Å². The minimum atomic E-state index is -1.19. The second-order valence-electron chi connectivity index (χ2n) is 3.41. The average molecular weight is 248 g/mol. The maximum absolute atomic E-state index is 11.8. The molecule has 0 fully saturated rings. The van der Waals surface area contributed by atoms with Crippen LogP contribution in [0.25, 0.3) is 0 Å². The van der Waals surface area contributed by atoms with Crippen molar-refractivity contribution < 1.29 is 19.1 Å². The van der Waals surface area contributed by atoms with E-state index in [1.807, 2.05) is 6.92 Å². The summed E-state index contributed by atoms with van der Waals surface area (Å²) < 4.78 is 9.84. The summed E-state index contributed by atoms with van der Waals surface area (Å²) >= 11 is 1.52. The van der Waals surface area contributed by atoms with Crippen LogP contribution in [0.3, 0.4) is 0 Å². The summed E-state index contributed by atoms with van der Waals surface area (Å²) in [5, 5.41) is 0.